The molecule has 0 bridgehead atoms. The second-order valence-electron chi connectivity index (χ2n) is 3.42. The first kappa shape index (κ1) is 12.7. The fourth-order valence-electron chi connectivity index (χ4n) is 1.35. The molecule has 0 radical (unpaired) electrons. The van der Waals surface area contributed by atoms with Crippen molar-refractivity contribution in [3.8, 4) is 5.75 Å². The van der Waals surface area contributed by atoms with Crippen molar-refractivity contribution in [2.75, 3.05) is 6.61 Å². The van der Waals surface area contributed by atoms with E-state index in [1.165, 1.54) is 4.68 Å². The lowest BCUT2D eigenvalue weighted by atomic mass is 10.2. The van der Waals surface area contributed by atoms with Crippen molar-refractivity contribution in [1.29, 1.82) is 0 Å². The van der Waals surface area contributed by atoms with Gasteiger partial charge in [0.05, 0.1) is 12.8 Å². The lowest BCUT2D eigenvalue weighted by molar-refractivity contribution is 0.340. The van der Waals surface area contributed by atoms with Crippen molar-refractivity contribution >= 4 is 30.7 Å². The molecule has 0 amide bonds. The monoisotopic (exact) mass is 280 g/mol. The van der Waals surface area contributed by atoms with Gasteiger partial charge in [-0.2, -0.15) is 9.78 Å². The predicted molar refractivity (Wildman–Crippen MR) is 75.4 cm³/mol. The van der Waals surface area contributed by atoms with Crippen molar-refractivity contribution in [3.05, 3.63) is 39.4 Å². The van der Waals surface area contributed by atoms with Crippen molar-refractivity contribution in [1.82, 2.24) is 14.9 Å². The summed E-state index contributed by atoms with van der Waals surface area (Å²) in [6, 6.07) is 7.61. The summed E-state index contributed by atoms with van der Waals surface area (Å²) in [6.07, 6.45) is 1.68. The standard InChI is InChI=1S/C11H12N4OS2/c1-2-16-9-5-3-8(4-6-9)7-12-15-10(17)13-14-11(15)18/h3-7H,2H2,1H3,(H,13,17)(H,14,18)/b12-7-. The summed E-state index contributed by atoms with van der Waals surface area (Å²) >= 11 is 10.0. The highest BCUT2D eigenvalue weighted by atomic mass is 32.1. The first-order valence-corrected chi connectivity index (χ1v) is 6.19. The van der Waals surface area contributed by atoms with E-state index < -0.39 is 0 Å². The molecule has 0 aliphatic rings. The largest absolute Gasteiger partial charge is 0.494 e. The fourth-order valence-corrected chi connectivity index (χ4v) is 1.79. The Labute approximate surface area is 114 Å². The van der Waals surface area contributed by atoms with Crippen LogP contribution in [-0.2, 0) is 0 Å². The second-order valence-corrected chi connectivity index (χ2v) is 4.19. The molecule has 0 unspecified atom stereocenters. The Kier molecular flexibility index (Phi) is 4.06. The van der Waals surface area contributed by atoms with Gasteiger partial charge in [-0.1, -0.05) is 0 Å². The minimum absolute atomic E-state index is 0.433. The highest BCUT2D eigenvalue weighted by Gasteiger charge is 1.94. The zero-order chi connectivity index (χ0) is 13.0. The summed E-state index contributed by atoms with van der Waals surface area (Å²) < 4.78 is 7.67. The SMILES string of the molecule is CCOc1ccc(/C=N\n2c(=S)[nH][nH]c2=S)cc1. The van der Waals surface area contributed by atoms with Crippen LogP contribution in [0.2, 0.25) is 0 Å². The number of aromatic nitrogens is 3. The molecule has 2 N–H and O–H groups in total. The maximum atomic E-state index is 5.36. The Hall–Kier alpha value is -1.73. The van der Waals surface area contributed by atoms with Gasteiger partial charge in [-0.15, -0.1) is 0 Å². The van der Waals surface area contributed by atoms with Crippen molar-refractivity contribution in [2.45, 2.75) is 6.92 Å². The Bertz CT molecular complexity index is 623. The van der Waals surface area contributed by atoms with Crippen LogP contribution in [0.4, 0.5) is 0 Å². The second kappa shape index (κ2) is 5.74. The smallest absolute Gasteiger partial charge is 0.215 e. The molecule has 18 heavy (non-hydrogen) atoms. The predicted octanol–water partition coefficient (Wildman–Crippen LogP) is 2.88. The van der Waals surface area contributed by atoms with Gasteiger partial charge in [0.1, 0.15) is 5.75 Å². The van der Waals surface area contributed by atoms with Crippen molar-refractivity contribution in [3.63, 3.8) is 0 Å². The van der Waals surface area contributed by atoms with Gasteiger partial charge in [-0.05, 0) is 61.2 Å². The number of benzene rings is 1. The van der Waals surface area contributed by atoms with Crippen molar-refractivity contribution in [2.24, 2.45) is 5.10 Å². The van der Waals surface area contributed by atoms with E-state index in [0.717, 1.165) is 11.3 Å². The average Bonchev–Trinajstić information content (AvgIpc) is 2.69. The van der Waals surface area contributed by atoms with E-state index in [0.29, 0.717) is 16.1 Å². The lowest BCUT2D eigenvalue weighted by Crippen LogP contribution is -1.93. The van der Waals surface area contributed by atoms with Gasteiger partial charge in [0, 0.05) is 0 Å². The Balaban J connectivity index is 2.19. The quantitative estimate of drug-likeness (QED) is 0.669. The van der Waals surface area contributed by atoms with E-state index in [1.54, 1.807) is 6.21 Å². The molecule has 2 aromatic rings. The molecule has 0 saturated carbocycles. The molecule has 0 aliphatic heterocycles. The van der Waals surface area contributed by atoms with E-state index in [9.17, 15) is 0 Å². The fraction of sp³-hybridized carbons (Fsp3) is 0.182. The molecule has 7 heteroatoms. The minimum Gasteiger partial charge on any atom is -0.494 e. The molecule has 0 spiro atoms. The third kappa shape index (κ3) is 2.93. The summed E-state index contributed by atoms with van der Waals surface area (Å²) in [5.74, 6) is 0.838. The Morgan fingerprint density at radius 2 is 1.83 bits per heavy atom. The van der Waals surface area contributed by atoms with E-state index in [4.69, 9.17) is 29.2 Å². The van der Waals surface area contributed by atoms with Gasteiger partial charge in [0.15, 0.2) is 0 Å². The molecular formula is C11H12N4OS2. The molecule has 0 atom stereocenters. The number of rotatable bonds is 4. The van der Waals surface area contributed by atoms with E-state index in [-0.39, 0.29) is 0 Å². The number of hydrogen-bond acceptors (Lipinski definition) is 4. The third-order valence-electron chi connectivity index (χ3n) is 2.17. The summed E-state index contributed by atoms with van der Waals surface area (Å²) in [7, 11) is 0. The summed E-state index contributed by atoms with van der Waals surface area (Å²) in [4.78, 5) is 0. The molecule has 1 heterocycles. The van der Waals surface area contributed by atoms with Gasteiger partial charge in [-0.3, -0.25) is 10.2 Å². The molecule has 1 aromatic heterocycles. The molecule has 94 valence electrons. The van der Waals surface area contributed by atoms with Crippen LogP contribution in [0.25, 0.3) is 0 Å². The third-order valence-corrected chi connectivity index (χ3v) is 2.72. The van der Waals surface area contributed by atoms with Gasteiger partial charge in [0.2, 0.25) is 9.54 Å². The zero-order valence-electron chi connectivity index (χ0n) is 9.71. The summed E-state index contributed by atoms with van der Waals surface area (Å²) in [5.41, 5.74) is 0.941. The van der Waals surface area contributed by atoms with Crippen LogP contribution in [0.3, 0.4) is 0 Å². The number of nitrogens with zero attached hydrogens (tertiary/aromatic N) is 2. The number of hydrogen-bond donors (Lipinski definition) is 2. The van der Waals surface area contributed by atoms with Crippen LogP contribution in [0, 0.1) is 9.54 Å². The maximum Gasteiger partial charge on any atom is 0.215 e. The maximum absolute atomic E-state index is 5.36. The zero-order valence-corrected chi connectivity index (χ0v) is 11.3. The summed E-state index contributed by atoms with van der Waals surface area (Å²) in [5, 5.41) is 9.62. The average molecular weight is 280 g/mol. The Morgan fingerprint density at radius 1 is 1.22 bits per heavy atom. The molecular weight excluding hydrogens is 268 g/mol. The van der Waals surface area contributed by atoms with Crippen LogP contribution in [0.1, 0.15) is 12.5 Å². The number of H-pyrrole nitrogens is 2. The van der Waals surface area contributed by atoms with E-state index in [2.05, 4.69) is 15.3 Å². The van der Waals surface area contributed by atoms with Gasteiger partial charge in [-0.25, -0.2) is 0 Å². The molecule has 0 aliphatic carbocycles. The molecule has 5 nitrogen and oxygen atoms in total. The van der Waals surface area contributed by atoms with Crippen LogP contribution < -0.4 is 4.74 Å². The van der Waals surface area contributed by atoms with Crippen LogP contribution in [0.15, 0.2) is 29.4 Å². The highest BCUT2D eigenvalue weighted by Crippen LogP contribution is 2.10. The van der Waals surface area contributed by atoms with Gasteiger partial charge < -0.3 is 4.74 Å². The molecule has 2 rings (SSSR count). The Morgan fingerprint density at radius 3 is 2.39 bits per heavy atom. The van der Waals surface area contributed by atoms with Crippen LogP contribution in [-0.4, -0.2) is 27.7 Å². The van der Waals surface area contributed by atoms with Crippen molar-refractivity contribution < 1.29 is 4.74 Å². The number of aromatic amines is 2. The van der Waals surface area contributed by atoms with E-state index in [1.807, 2.05) is 31.2 Å². The number of ether oxygens (including phenoxy) is 1. The van der Waals surface area contributed by atoms with Crippen LogP contribution in [0.5, 0.6) is 5.75 Å². The van der Waals surface area contributed by atoms with Gasteiger partial charge in [0.25, 0.3) is 0 Å². The topological polar surface area (TPSA) is 58.1 Å². The van der Waals surface area contributed by atoms with E-state index >= 15 is 0 Å². The van der Waals surface area contributed by atoms with Crippen LogP contribution >= 0.6 is 24.4 Å². The first-order valence-electron chi connectivity index (χ1n) is 5.37. The minimum atomic E-state index is 0.433. The first-order chi connectivity index (χ1) is 8.70. The molecule has 0 saturated heterocycles. The lowest BCUT2D eigenvalue weighted by Gasteiger charge is -2.01. The highest BCUT2D eigenvalue weighted by molar-refractivity contribution is 7.72. The summed E-state index contributed by atoms with van der Waals surface area (Å²) in [6.45, 7) is 2.60. The molecule has 1 aromatic carbocycles. The number of nitrogens with one attached hydrogen (secondary N) is 2. The van der Waals surface area contributed by atoms with Gasteiger partial charge >= 0.3 is 0 Å². The molecule has 0 fully saturated rings. The normalized spacial score (nSPS) is 10.9.